The Morgan fingerprint density at radius 3 is 2.78 bits per heavy atom. The lowest BCUT2D eigenvalue weighted by Gasteiger charge is -2.11. The van der Waals surface area contributed by atoms with Crippen LogP contribution in [0.25, 0.3) is 5.69 Å². The molecule has 5 nitrogen and oxygen atoms in total. The normalized spacial score (nSPS) is 12.3. The van der Waals surface area contributed by atoms with Crippen LogP contribution in [-0.4, -0.2) is 35.3 Å². The number of hydrogen-bond donors (Lipinski definition) is 1. The van der Waals surface area contributed by atoms with Crippen molar-refractivity contribution in [3.05, 3.63) is 48.3 Å². The number of benzene rings is 1. The first-order valence-corrected chi connectivity index (χ1v) is 5.62. The maximum absolute atomic E-state index is 12.1. The topological polar surface area (TPSA) is 70.1 Å². The lowest BCUT2D eigenvalue weighted by molar-refractivity contribution is 0.0884. The maximum Gasteiger partial charge on any atom is 0.200 e. The quantitative estimate of drug-likeness (QED) is 0.799. The largest absolute Gasteiger partial charge is 0.383 e. The van der Waals surface area contributed by atoms with E-state index in [1.54, 1.807) is 16.9 Å². The van der Waals surface area contributed by atoms with Crippen LogP contribution < -0.4 is 5.73 Å². The van der Waals surface area contributed by atoms with E-state index in [2.05, 4.69) is 5.10 Å². The molecule has 0 aliphatic carbocycles. The van der Waals surface area contributed by atoms with E-state index < -0.39 is 6.04 Å². The van der Waals surface area contributed by atoms with Gasteiger partial charge in [0.15, 0.2) is 5.78 Å². The van der Waals surface area contributed by atoms with Crippen molar-refractivity contribution in [1.29, 1.82) is 0 Å². The van der Waals surface area contributed by atoms with Gasteiger partial charge in [-0.05, 0) is 18.2 Å². The Bertz CT molecular complexity index is 522. The van der Waals surface area contributed by atoms with Crippen molar-refractivity contribution in [2.45, 2.75) is 6.04 Å². The Balaban J connectivity index is 2.31. The summed E-state index contributed by atoms with van der Waals surface area (Å²) in [5.74, 6) is -0.182. The fourth-order valence-corrected chi connectivity index (χ4v) is 1.71. The minimum Gasteiger partial charge on any atom is -0.383 e. The molecule has 0 bridgehead atoms. The summed E-state index contributed by atoms with van der Waals surface area (Å²) in [6.45, 7) is 0.193. The standard InChI is InChI=1S/C13H15N3O2/c1-18-9-11(14)13(17)12-7-8-15-16(12)10-5-3-2-4-6-10/h2-8,11H,9,14H2,1H3. The van der Waals surface area contributed by atoms with Gasteiger partial charge in [0.25, 0.3) is 0 Å². The number of ether oxygens (including phenoxy) is 1. The van der Waals surface area contributed by atoms with Crippen molar-refractivity contribution >= 4 is 5.78 Å². The Kier molecular flexibility index (Phi) is 3.86. The summed E-state index contributed by atoms with van der Waals surface area (Å²) in [4.78, 5) is 12.1. The molecule has 1 aromatic carbocycles. The Morgan fingerprint density at radius 1 is 1.39 bits per heavy atom. The van der Waals surface area contributed by atoms with Gasteiger partial charge in [-0.1, -0.05) is 18.2 Å². The van der Waals surface area contributed by atoms with E-state index in [4.69, 9.17) is 10.5 Å². The molecule has 1 heterocycles. The summed E-state index contributed by atoms with van der Waals surface area (Å²) in [6.07, 6.45) is 1.58. The van der Waals surface area contributed by atoms with Crippen molar-refractivity contribution in [3.8, 4) is 5.69 Å². The van der Waals surface area contributed by atoms with Crippen molar-refractivity contribution < 1.29 is 9.53 Å². The first-order chi connectivity index (χ1) is 8.74. The van der Waals surface area contributed by atoms with Crippen LogP contribution in [-0.2, 0) is 4.74 Å². The third kappa shape index (κ3) is 2.47. The summed E-state index contributed by atoms with van der Waals surface area (Å²) >= 11 is 0. The number of rotatable bonds is 5. The first-order valence-electron chi connectivity index (χ1n) is 5.62. The number of methoxy groups -OCH3 is 1. The molecule has 2 N–H and O–H groups in total. The van der Waals surface area contributed by atoms with Gasteiger partial charge >= 0.3 is 0 Å². The van der Waals surface area contributed by atoms with Gasteiger partial charge in [0, 0.05) is 7.11 Å². The maximum atomic E-state index is 12.1. The van der Waals surface area contributed by atoms with Crippen LogP contribution in [0.15, 0.2) is 42.6 Å². The number of Topliss-reactive ketones (excluding diaryl/α,β-unsaturated/α-hetero) is 1. The summed E-state index contributed by atoms with van der Waals surface area (Å²) < 4.78 is 6.47. The third-order valence-corrected chi connectivity index (χ3v) is 2.58. The number of aromatic nitrogens is 2. The Labute approximate surface area is 105 Å². The lowest BCUT2D eigenvalue weighted by atomic mass is 10.1. The van der Waals surface area contributed by atoms with E-state index in [9.17, 15) is 4.79 Å². The number of para-hydroxylation sites is 1. The zero-order valence-corrected chi connectivity index (χ0v) is 10.1. The van der Waals surface area contributed by atoms with Gasteiger partial charge in [-0.25, -0.2) is 4.68 Å². The van der Waals surface area contributed by atoms with Gasteiger partial charge in [0.05, 0.1) is 24.5 Å². The average molecular weight is 245 g/mol. The molecule has 0 aliphatic rings. The monoisotopic (exact) mass is 245 g/mol. The van der Waals surface area contributed by atoms with E-state index in [1.165, 1.54) is 7.11 Å². The van der Waals surface area contributed by atoms with Gasteiger partial charge in [-0.2, -0.15) is 5.10 Å². The second-order valence-electron chi connectivity index (χ2n) is 3.89. The zero-order chi connectivity index (χ0) is 13.0. The molecule has 1 atom stereocenters. The summed E-state index contributed by atoms with van der Waals surface area (Å²) in [6, 6.07) is 10.4. The average Bonchev–Trinajstić information content (AvgIpc) is 2.88. The number of hydrogen-bond acceptors (Lipinski definition) is 4. The molecular formula is C13H15N3O2. The molecule has 0 saturated heterocycles. The highest BCUT2D eigenvalue weighted by Crippen LogP contribution is 2.11. The molecule has 1 unspecified atom stereocenters. The number of carbonyl (C=O) groups excluding carboxylic acids is 1. The fourth-order valence-electron chi connectivity index (χ4n) is 1.71. The van der Waals surface area contributed by atoms with Crippen LogP contribution in [0.1, 0.15) is 10.5 Å². The highest BCUT2D eigenvalue weighted by atomic mass is 16.5. The molecule has 0 aliphatic heterocycles. The number of ketones is 1. The van der Waals surface area contributed by atoms with E-state index in [-0.39, 0.29) is 12.4 Å². The molecule has 0 saturated carbocycles. The molecule has 1 aromatic heterocycles. The minimum atomic E-state index is -0.672. The van der Waals surface area contributed by atoms with Crippen LogP contribution in [0, 0.1) is 0 Å². The molecule has 5 heteroatoms. The van der Waals surface area contributed by atoms with E-state index in [0.717, 1.165) is 5.69 Å². The van der Waals surface area contributed by atoms with Crippen molar-refractivity contribution in [1.82, 2.24) is 9.78 Å². The van der Waals surface area contributed by atoms with Crippen LogP contribution in [0.3, 0.4) is 0 Å². The summed E-state index contributed by atoms with van der Waals surface area (Å²) in [5, 5.41) is 4.15. The number of nitrogens with two attached hydrogens (primary N) is 1. The molecule has 0 radical (unpaired) electrons. The second kappa shape index (κ2) is 5.57. The molecule has 2 aromatic rings. The van der Waals surface area contributed by atoms with Gasteiger partial charge in [-0.15, -0.1) is 0 Å². The Hall–Kier alpha value is -1.98. The van der Waals surface area contributed by atoms with Gasteiger partial charge < -0.3 is 10.5 Å². The van der Waals surface area contributed by atoms with Crippen molar-refractivity contribution in [3.63, 3.8) is 0 Å². The molecule has 0 amide bonds. The smallest absolute Gasteiger partial charge is 0.200 e. The van der Waals surface area contributed by atoms with E-state index in [1.807, 2.05) is 30.3 Å². The molecule has 94 valence electrons. The predicted molar refractivity (Wildman–Crippen MR) is 67.7 cm³/mol. The minimum absolute atomic E-state index is 0.182. The molecule has 18 heavy (non-hydrogen) atoms. The highest BCUT2D eigenvalue weighted by molar-refractivity contribution is 5.99. The van der Waals surface area contributed by atoms with E-state index >= 15 is 0 Å². The zero-order valence-electron chi connectivity index (χ0n) is 10.1. The highest BCUT2D eigenvalue weighted by Gasteiger charge is 2.20. The van der Waals surface area contributed by atoms with Gasteiger partial charge in [0.2, 0.25) is 0 Å². The van der Waals surface area contributed by atoms with Gasteiger partial charge in [-0.3, -0.25) is 4.79 Å². The third-order valence-electron chi connectivity index (χ3n) is 2.58. The first kappa shape index (κ1) is 12.5. The van der Waals surface area contributed by atoms with Crippen LogP contribution in [0.5, 0.6) is 0 Å². The van der Waals surface area contributed by atoms with Crippen molar-refractivity contribution in [2.24, 2.45) is 5.73 Å². The SMILES string of the molecule is COCC(N)C(=O)c1ccnn1-c1ccccc1. The number of nitrogens with zero attached hydrogens (tertiary/aromatic N) is 2. The van der Waals surface area contributed by atoms with E-state index in [0.29, 0.717) is 5.69 Å². The number of carbonyl (C=O) groups is 1. The molecule has 0 spiro atoms. The van der Waals surface area contributed by atoms with Crippen LogP contribution >= 0.6 is 0 Å². The summed E-state index contributed by atoms with van der Waals surface area (Å²) in [7, 11) is 1.52. The molecule has 0 fully saturated rings. The van der Waals surface area contributed by atoms with Gasteiger partial charge in [0.1, 0.15) is 5.69 Å². The lowest BCUT2D eigenvalue weighted by Crippen LogP contribution is -2.36. The predicted octanol–water partition coefficient (Wildman–Crippen LogP) is 1.03. The molecule has 2 rings (SSSR count). The Morgan fingerprint density at radius 2 is 2.11 bits per heavy atom. The van der Waals surface area contributed by atoms with Crippen LogP contribution in [0.2, 0.25) is 0 Å². The van der Waals surface area contributed by atoms with Crippen LogP contribution in [0.4, 0.5) is 0 Å². The summed E-state index contributed by atoms with van der Waals surface area (Å²) in [5.41, 5.74) is 7.04. The van der Waals surface area contributed by atoms with Crippen molar-refractivity contribution in [2.75, 3.05) is 13.7 Å². The second-order valence-corrected chi connectivity index (χ2v) is 3.89. The fraction of sp³-hybridized carbons (Fsp3) is 0.231. The molecular weight excluding hydrogens is 230 g/mol.